The summed E-state index contributed by atoms with van der Waals surface area (Å²) in [5.74, 6) is 0. The Morgan fingerprint density at radius 2 is 1.11 bits per heavy atom. The molecule has 0 amide bonds. The molecule has 0 radical (unpaired) electrons. The molecule has 2 aromatic heterocycles. The molecule has 0 saturated carbocycles. The lowest BCUT2D eigenvalue weighted by molar-refractivity contribution is 0.592. The molecule has 0 aliphatic rings. The van der Waals surface area contributed by atoms with Crippen LogP contribution in [-0.4, -0.2) is 9.38 Å². The molecule has 0 unspecified atom stereocenters. The van der Waals surface area contributed by atoms with Crippen LogP contribution in [0.1, 0.15) is 0 Å². The van der Waals surface area contributed by atoms with Crippen LogP contribution in [0, 0.1) is 0 Å². The van der Waals surface area contributed by atoms with Crippen molar-refractivity contribution in [1.82, 2.24) is 9.38 Å². The van der Waals surface area contributed by atoms with Crippen molar-refractivity contribution in [3.05, 3.63) is 140 Å². The highest BCUT2D eigenvalue weighted by Crippen LogP contribution is 2.43. The van der Waals surface area contributed by atoms with Crippen LogP contribution in [0.4, 0.5) is 0 Å². The van der Waals surface area contributed by atoms with Crippen LogP contribution in [0.2, 0.25) is 0 Å². The van der Waals surface area contributed by atoms with Crippen molar-refractivity contribution in [2.24, 2.45) is 0 Å². The van der Waals surface area contributed by atoms with Crippen LogP contribution in [0.5, 0.6) is 0 Å². The number of rotatable bonds is 4. The fourth-order valence-electron chi connectivity index (χ4n) is 5.30. The Hall–Kier alpha value is -4.46. The summed E-state index contributed by atoms with van der Waals surface area (Å²) in [5, 5.41) is 3.61. The first kappa shape index (κ1) is 21.8. The molecule has 0 N–H and O–H groups in total. The predicted molar refractivity (Wildman–Crippen MR) is 155 cm³/mol. The summed E-state index contributed by atoms with van der Waals surface area (Å²) >= 11 is 0. The van der Waals surface area contributed by atoms with Crippen molar-refractivity contribution >= 4 is 50.5 Å². The largest absolute Gasteiger partial charge is 0.309 e. The molecule has 0 aliphatic heterocycles. The number of benzene rings is 5. The van der Waals surface area contributed by atoms with Gasteiger partial charge in [-0.15, -0.1) is 0 Å². The van der Waals surface area contributed by atoms with Gasteiger partial charge < -0.3 is 8.97 Å². The lowest BCUT2D eigenvalue weighted by atomic mass is 10.1. The number of fused-ring (bicyclic) bond motifs is 5. The van der Waals surface area contributed by atoms with Crippen LogP contribution < -0.4 is 15.9 Å². The fraction of sp³-hybridized carbons (Fsp3) is 0. The number of hydrogen-bond donors (Lipinski definition) is 0. The Balaban J connectivity index is 1.52. The first-order valence-corrected chi connectivity index (χ1v) is 14.1. The zero-order chi connectivity index (χ0) is 24.8. The van der Waals surface area contributed by atoms with Crippen molar-refractivity contribution < 1.29 is 4.57 Å². The van der Waals surface area contributed by atoms with Crippen LogP contribution in [0.15, 0.2) is 140 Å². The van der Waals surface area contributed by atoms with Gasteiger partial charge in [0.05, 0.1) is 27.8 Å². The quantitative estimate of drug-likeness (QED) is 0.248. The summed E-state index contributed by atoms with van der Waals surface area (Å²) in [4.78, 5) is 5.13. The zero-order valence-electron chi connectivity index (χ0n) is 20.0. The number of aromatic nitrogens is 2. The van der Waals surface area contributed by atoms with Crippen LogP contribution in [0.3, 0.4) is 0 Å². The third-order valence-electron chi connectivity index (χ3n) is 7.03. The van der Waals surface area contributed by atoms with Gasteiger partial charge in [-0.05, 0) is 30.3 Å². The Labute approximate surface area is 215 Å². The first-order chi connectivity index (χ1) is 18.2. The summed E-state index contributed by atoms with van der Waals surface area (Å²) in [6.07, 6.45) is 0. The van der Waals surface area contributed by atoms with E-state index in [9.17, 15) is 4.57 Å². The van der Waals surface area contributed by atoms with E-state index in [1.165, 1.54) is 0 Å². The number of hydrogen-bond acceptors (Lipinski definition) is 2. The molecular weight excluding hydrogens is 471 g/mol. The van der Waals surface area contributed by atoms with Crippen molar-refractivity contribution in [3.63, 3.8) is 0 Å². The third-order valence-corrected chi connectivity index (χ3v) is 10.1. The van der Waals surface area contributed by atoms with Gasteiger partial charge in [0.25, 0.3) is 0 Å². The maximum Gasteiger partial charge on any atom is 0.171 e. The summed E-state index contributed by atoms with van der Waals surface area (Å²) in [6, 6.07) is 46.6. The molecule has 176 valence electrons. The Morgan fingerprint density at radius 3 is 1.84 bits per heavy atom. The van der Waals surface area contributed by atoms with Gasteiger partial charge in [-0.2, -0.15) is 0 Å². The van der Waals surface area contributed by atoms with E-state index in [0.29, 0.717) is 0 Å². The van der Waals surface area contributed by atoms with E-state index < -0.39 is 7.14 Å². The minimum atomic E-state index is -3.10. The standard InChI is InChI=1S/C33H23N2OP/c36-37(26-14-3-1-4-15-26,27-16-5-2-6-17-27)28-18-11-13-25(22-28)33-32-23-24-12-7-9-20-30(24)35(32)31-21-10-8-19-29(31)34-33/h1-23H. The molecule has 2 heterocycles. The maximum absolute atomic E-state index is 15.0. The second kappa shape index (κ2) is 8.58. The van der Waals surface area contributed by atoms with Gasteiger partial charge in [0.1, 0.15) is 0 Å². The molecule has 37 heavy (non-hydrogen) atoms. The van der Waals surface area contributed by atoms with Crippen molar-refractivity contribution in [2.75, 3.05) is 0 Å². The summed E-state index contributed by atoms with van der Waals surface area (Å²) in [6.45, 7) is 0. The van der Waals surface area contributed by atoms with Gasteiger partial charge in [0.2, 0.25) is 0 Å². The molecule has 5 aromatic carbocycles. The van der Waals surface area contributed by atoms with E-state index in [1.54, 1.807) is 0 Å². The Bertz CT molecular complexity index is 1920. The molecule has 7 rings (SSSR count). The van der Waals surface area contributed by atoms with E-state index in [4.69, 9.17) is 4.98 Å². The average Bonchev–Trinajstić information content (AvgIpc) is 3.37. The summed E-state index contributed by atoms with van der Waals surface area (Å²) < 4.78 is 17.3. The minimum Gasteiger partial charge on any atom is -0.309 e. The van der Waals surface area contributed by atoms with Gasteiger partial charge in [0, 0.05) is 26.9 Å². The summed E-state index contributed by atoms with van der Waals surface area (Å²) in [7, 11) is -3.10. The summed E-state index contributed by atoms with van der Waals surface area (Å²) in [5.41, 5.74) is 6.00. The Kier molecular flexibility index (Phi) is 5.06. The molecule has 0 spiro atoms. The fourth-order valence-corrected chi connectivity index (χ4v) is 7.99. The lowest BCUT2D eigenvalue weighted by Crippen LogP contribution is -2.25. The molecule has 0 aliphatic carbocycles. The average molecular weight is 495 g/mol. The smallest absolute Gasteiger partial charge is 0.171 e. The second-order valence-electron chi connectivity index (χ2n) is 9.20. The SMILES string of the molecule is O=P(c1ccccc1)(c1ccccc1)c1cccc(-c2nc3ccccc3n3c2cc2ccccc23)c1. The van der Waals surface area contributed by atoms with E-state index in [2.05, 4.69) is 65.1 Å². The van der Waals surface area contributed by atoms with Crippen LogP contribution in [-0.2, 0) is 4.57 Å². The highest BCUT2D eigenvalue weighted by molar-refractivity contribution is 7.85. The molecule has 3 nitrogen and oxygen atoms in total. The first-order valence-electron chi connectivity index (χ1n) is 12.3. The molecular formula is C33H23N2OP. The molecule has 0 bridgehead atoms. The van der Waals surface area contributed by atoms with Crippen molar-refractivity contribution in [1.29, 1.82) is 0 Å². The van der Waals surface area contributed by atoms with E-state index >= 15 is 0 Å². The van der Waals surface area contributed by atoms with Gasteiger partial charge in [-0.25, -0.2) is 4.98 Å². The van der Waals surface area contributed by atoms with Gasteiger partial charge in [-0.1, -0.05) is 109 Å². The highest BCUT2D eigenvalue weighted by atomic mass is 31.2. The maximum atomic E-state index is 15.0. The third kappa shape index (κ3) is 3.43. The van der Waals surface area contributed by atoms with Crippen LogP contribution in [0.25, 0.3) is 38.7 Å². The molecule has 0 atom stereocenters. The Morgan fingerprint density at radius 1 is 0.514 bits per heavy atom. The molecule has 0 fully saturated rings. The second-order valence-corrected chi connectivity index (χ2v) is 12.0. The molecule has 0 saturated heterocycles. The highest BCUT2D eigenvalue weighted by Gasteiger charge is 2.30. The molecule has 4 heteroatoms. The zero-order valence-corrected chi connectivity index (χ0v) is 20.9. The van der Waals surface area contributed by atoms with E-state index in [1.807, 2.05) is 78.9 Å². The number of nitrogens with zero attached hydrogens (tertiary/aromatic N) is 2. The predicted octanol–water partition coefficient (Wildman–Crippen LogP) is 6.95. The number of para-hydroxylation sites is 3. The normalized spacial score (nSPS) is 11.9. The monoisotopic (exact) mass is 494 g/mol. The van der Waals surface area contributed by atoms with Crippen LogP contribution >= 0.6 is 7.14 Å². The minimum absolute atomic E-state index is 0.798. The van der Waals surface area contributed by atoms with E-state index in [-0.39, 0.29) is 0 Å². The topological polar surface area (TPSA) is 34.4 Å². The lowest BCUT2D eigenvalue weighted by Gasteiger charge is -2.20. The van der Waals surface area contributed by atoms with Crippen molar-refractivity contribution in [2.45, 2.75) is 0 Å². The molecule has 7 aromatic rings. The van der Waals surface area contributed by atoms with Gasteiger partial charge in [-0.3, -0.25) is 0 Å². The van der Waals surface area contributed by atoms with Crippen molar-refractivity contribution in [3.8, 4) is 11.3 Å². The van der Waals surface area contributed by atoms with E-state index in [0.717, 1.165) is 54.6 Å². The van der Waals surface area contributed by atoms with Gasteiger partial charge >= 0.3 is 0 Å². The van der Waals surface area contributed by atoms with Gasteiger partial charge in [0.15, 0.2) is 7.14 Å².